The normalized spacial score (nSPS) is 42.2. The summed E-state index contributed by atoms with van der Waals surface area (Å²) in [6.07, 6.45) is -4.42. The monoisotopic (exact) mass is 544 g/mol. The van der Waals surface area contributed by atoms with E-state index in [9.17, 15) is 30.0 Å². The molecule has 0 unspecified atom stereocenters. The van der Waals surface area contributed by atoms with Crippen LogP contribution in [0.3, 0.4) is 0 Å². The van der Waals surface area contributed by atoms with Crippen LogP contribution in [0.1, 0.15) is 58.9 Å². The minimum atomic E-state index is -1.68. The smallest absolute Gasteiger partial charge is 0.373 e. The molecule has 1 saturated heterocycles. The molecular formula is C29H36O10. The second kappa shape index (κ2) is 9.73. The largest absolute Gasteiger partial charge is 0.454 e. The summed E-state index contributed by atoms with van der Waals surface area (Å²) in [6.45, 7) is 8.12. The van der Waals surface area contributed by atoms with Crippen molar-refractivity contribution in [3.8, 4) is 0 Å². The van der Waals surface area contributed by atoms with Crippen LogP contribution in [-0.4, -0.2) is 80.6 Å². The van der Waals surface area contributed by atoms with E-state index in [4.69, 9.17) is 19.1 Å². The van der Waals surface area contributed by atoms with Crippen LogP contribution in [-0.2, 0) is 28.7 Å². The molecule has 0 amide bonds. The van der Waals surface area contributed by atoms with Crippen molar-refractivity contribution in [2.24, 2.45) is 16.7 Å². The van der Waals surface area contributed by atoms with E-state index in [-0.39, 0.29) is 31.2 Å². The van der Waals surface area contributed by atoms with E-state index in [1.165, 1.54) is 6.92 Å². The van der Waals surface area contributed by atoms with Crippen molar-refractivity contribution in [1.82, 2.24) is 0 Å². The van der Waals surface area contributed by atoms with Crippen LogP contribution >= 0.6 is 0 Å². The first-order valence-electron chi connectivity index (χ1n) is 13.0. The molecule has 212 valence electrons. The fourth-order valence-electron chi connectivity index (χ4n) is 7.97. The van der Waals surface area contributed by atoms with Gasteiger partial charge >= 0.3 is 12.1 Å². The Morgan fingerprint density at radius 3 is 2.21 bits per heavy atom. The average molecular weight is 545 g/mol. The van der Waals surface area contributed by atoms with E-state index in [0.717, 1.165) is 0 Å². The van der Waals surface area contributed by atoms with Crippen molar-refractivity contribution in [2.75, 3.05) is 6.61 Å². The highest BCUT2D eigenvalue weighted by Crippen LogP contribution is 2.67. The van der Waals surface area contributed by atoms with Crippen LogP contribution in [0.2, 0.25) is 0 Å². The van der Waals surface area contributed by atoms with Crippen LogP contribution in [0.4, 0.5) is 0 Å². The number of Topliss-reactive ketones (excluding diaryl/α,β-unsaturated/α-hetero) is 1. The molecule has 2 saturated carbocycles. The molecule has 10 nitrogen and oxygen atoms in total. The molecule has 3 aliphatic carbocycles. The highest BCUT2D eigenvalue weighted by Gasteiger charge is 2.76. The van der Waals surface area contributed by atoms with Crippen molar-refractivity contribution in [3.05, 3.63) is 47.0 Å². The molecule has 9 atom stereocenters. The van der Waals surface area contributed by atoms with Crippen LogP contribution in [0.25, 0.3) is 0 Å². The number of carbonyl (C=O) groups excluding carboxylic acids is 4. The molecule has 10 heteroatoms. The molecule has 0 aromatic heterocycles. The summed E-state index contributed by atoms with van der Waals surface area (Å²) in [5, 5.41) is 47.0. The Morgan fingerprint density at radius 1 is 1.10 bits per heavy atom. The van der Waals surface area contributed by atoms with Crippen molar-refractivity contribution in [2.45, 2.75) is 89.0 Å². The Labute approximate surface area is 226 Å². The lowest BCUT2D eigenvalue weighted by atomic mass is 9.41. The Bertz CT molecular complexity index is 1220. The van der Waals surface area contributed by atoms with Crippen LogP contribution in [0, 0.1) is 16.7 Å². The molecule has 2 bridgehead atoms. The quantitative estimate of drug-likeness (QED) is 0.312. The number of aliphatic hydroxyl groups excluding tert-OH is 3. The third kappa shape index (κ3) is 3.89. The molecular weight excluding hydrogens is 508 g/mol. The van der Waals surface area contributed by atoms with Crippen molar-refractivity contribution in [3.63, 3.8) is 0 Å². The third-order valence-electron chi connectivity index (χ3n) is 9.94. The summed E-state index contributed by atoms with van der Waals surface area (Å²) in [5.41, 5.74) is -4.31. The summed E-state index contributed by atoms with van der Waals surface area (Å²) < 4.78 is 11.8. The number of benzene rings is 1. The summed E-state index contributed by atoms with van der Waals surface area (Å²) in [6, 6.07) is 9.18. The first-order chi connectivity index (χ1) is 18.1. The van der Waals surface area contributed by atoms with Crippen molar-refractivity contribution >= 4 is 17.9 Å². The van der Waals surface area contributed by atoms with E-state index < -0.39 is 70.0 Å². The summed E-state index contributed by atoms with van der Waals surface area (Å²) in [4.78, 5) is 43.0. The molecule has 0 radical (unpaired) electrons. The first kappa shape index (κ1) is 29.3. The number of rotatable bonds is 2. The number of fused-ring (bicyclic) bond motifs is 5. The Balaban J connectivity index is 0.00000112. The van der Waals surface area contributed by atoms with Gasteiger partial charge in [0.15, 0.2) is 11.4 Å². The van der Waals surface area contributed by atoms with Gasteiger partial charge in [-0.15, -0.1) is 0 Å². The number of carbonyl (C=O) groups is 2. The molecule has 1 heterocycles. The lowest BCUT2D eigenvalue weighted by Crippen LogP contribution is -2.79. The second-order valence-corrected chi connectivity index (χ2v) is 12.0. The van der Waals surface area contributed by atoms with E-state index in [1.54, 1.807) is 27.7 Å². The van der Waals surface area contributed by atoms with Crippen LogP contribution in [0.5, 0.6) is 0 Å². The van der Waals surface area contributed by atoms with Gasteiger partial charge in [0.1, 0.15) is 12.2 Å². The third-order valence-corrected chi connectivity index (χ3v) is 9.94. The van der Waals surface area contributed by atoms with Gasteiger partial charge in [-0.25, -0.2) is 0 Å². The minimum absolute atomic E-state index is 0.00226. The number of hydrogen-bond acceptors (Lipinski definition) is 10. The number of aliphatic hydroxyl groups is 4. The lowest BCUT2D eigenvalue weighted by Gasteiger charge is -2.68. The predicted molar refractivity (Wildman–Crippen MR) is 134 cm³/mol. The first-order valence-corrected chi connectivity index (χ1v) is 13.0. The van der Waals surface area contributed by atoms with Gasteiger partial charge < -0.3 is 29.9 Å². The van der Waals surface area contributed by atoms with Gasteiger partial charge in [-0.05, 0) is 30.6 Å². The highest BCUT2D eigenvalue weighted by molar-refractivity contribution is 5.93. The zero-order valence-electron chi connectivity index (χ0n) is 22.7. The fourth-order valence-corrected chi connectivity index (χ4v) is 7.97. The van der Waals surface area contributed by atoms with Gasteiger partial charge in [-0.3, -0.25) is 9.59 Å². The van der Waals surface area contributed by atoms with Crippen molar-refractivity contribution < 1.29 is 49.1 Å². The van der Waals surface area contributed by atoms with E-state index in [2.05, 4.69) is 0 Å². The maximum absolute atomic E-state index is 14.3. The Morgan fingerprint density at radius 2 is 1.69 bits per heavy atom. The number of ether oxygens (including phenoxy) is 2. The minimum Gasteiger partial charge on any atom is -0.454 e. The summed E-state index contributed by atoms with van der Waals surface area (Å²) >= 11 is 0. The number of ketones is 1. The lowest BCUT2D eigenvalue weighted by molar-refractivity contribution is -0.332. The zero-order chi connectivity index (χ0) is 29.1. The predicted octanol–water partition coefficient (Wildman–Crippen LogP) is 1.06. The standard InChI is InChI=1S/C28H36O8.CO2/c1-14-17(30)12-28(34)21(16-9-7-6-8-10-16)23-26(5,24(33)22(32)20(14)25(28,3)4)18(31)11-19-27(23,13-35-19)36-15(2)29;2-1-3/h6-10,17-19,21-23,30-32,34H,11-13H2,1-5H3;/t17-,18-,19+,21-,22+,23-,26+,27-,28+;/m0./s1. The number of esters is 1. The molecule has 4 aliphatic rings. The van der Waals surface area contributed by atoms with Gasteiger partial charge in [-0.1, -0.05) is 44.2 Å². The van der Waals surface area contributed by atoms with Crippen molar-refractivity contribution in [1.29, 1.82) is 0 Å². The summed E-state index contributed by atoms with van der Waals surface area (Å²) in [5.74, 6) is -2.97. The fraction of sp³-hybridized carbons (Fsp3) is 0.621. The van der Waals surface area contributed by atoms with Gasteiger partial charge in [0, 0.05) is 37.0 Å². The van der Waals surface area contributed by atoms with Gasteiger partial charge in [-0.2, -0.15) is 9.59 Å². The zero-order valence-corrected chi connectivity index (χ0v) is 22.7. The highest BCUT2D eigenvalue weighted by atomic mass is 16.6. The molecule has 1 aromatic rings. The molecule has 0 spiro atoms. The number of hydrogen-bond donors (Lipinski definition) is 4. The van der Waals surface area contributed by atoms with Gasteiger partial charge in [0.05, 0.1) is 29.8 Å². The average Bonchev–Trinajstić information content (AvgIpc) is 2.86. The second-order valence-electron chi connectivity index (χ2n) is 12.0. The van der Waals surface area contributed by atoms with Crippen LogP contribution in [0.15, 0.2) is 41.5 Å². The Hall–Kier alpha value is -2.72. The van der Waals surface area contributed by atoms with Crippen LogP contribution < -0.4 is 0 Å². The van der Waals surface area contributed by atoms with E-state index >= 15 is 0 Å². The molecule has 1 aliphatic heterocycles. The maximum atomic E-state index is 14.3. The molecule has 1 aromatic carbocycles. The SMILES string of the molecule is CC(=O)O[C@@]12CO[C@@H]1C[C@H](O)[C@@]1(C)C(=O)[C@H](O)C3=C(C)[C@@H](O)C[C@@](O)([C@@H](c4ccccc4)[C@H]21)C3(C)C.O=C=O. The van der Waals surface area contributed by atoms with Gasteiger partial charge in [0.2, 0.25) is 0 Å². The van der Waals surface area contributed by atoms with E-state index in [1.807, 2.05) is 30.3 Å². The topological polar surface area (TPSA) is 168 Å². The molecule has 5 rings (SSSR count). The van der Waals surface area contributed by atoms with E-state index in [0.29, 0.717) is 11.1 Å². The summed E-state index contributed by atoms with van der Waals surface area (Å²) in [7, 11) is 0. The van der Waals surface area contributed by atoms with Gasteiger partial charge in [0.25, 0.3) is 0 Å². The molecule has 4 N–H and O–H groups in total. The molecule has 39 heavy (non-hydrogen) atoms. The maximum Gasteiger partial charge on any atom is 0.373 e. The molecule has 3 fully saturated rings. The Kier molecular flexibility index (Phi) is 7.30.